The summed E-state index contributed by atoms with van der Waals surface area (Å²) in [6.45, 7) is 2.23. The molecule has 1 atom stereocenters. The van der Waals surface area contributed by atoms with E-state index in [1.54, 1.807) is 13.3 Å². The molecule has 1 unspecified atom stereocenters. The van der Waals surface area contributed by atoms with Gasteiger partial charge in [0.2, 0.25) is 5.88 Å². The lowest BCUT2D eigenvalue weighted by Gasteiger charge is -2.24. The Hall–Kier alpha value is -1.09. The molecule has 92 valence electrons. The summed E-state index contributed by atoms with van der Waals surface area (Å²) >= 11 is 0. The Labute approximate surface area is 103 Å². The van der Waals surface area contributed by atoms with Gasteiger partial charge in [-0.15, -0.1) is 0 Å². The maximum Gasteiger partial charge on any atom is 0.217 e. The van der Waals surface area contributed by atoms with Crippen LogP contribution >= 0.6 is 0 Å². The molecule has 1 aliphatic carbocycles. The minimum absolute atomic E-state index is 0.786. The number of hydrogen-bond donors (Lipinski definition) is 0. The highest BCUT2D eigenvalue weighted by molar-refractivity contribution is 5.25. The van der Waals surface area contributed by atoms with Gasteiger partial charge in [-0.05, 0) is 44.2 Å². The molecule has 3 nitrogen and oxygen atoms in total. The van der Waals surface area contributed by atoms with E-state index in [1.807, 2.05) is 6.07 Å². The van der Waals surface area contributed by atoms with Gasteiger partial charge in [-0.25, -0.2) is 4.98 Å². The van der Waals surface area contributed by atoms with E-state index in [9.17, 15) is 0 Å². The number of nitrogens with zero attached hydrogens (tertiary/aromatic N) is 2. The summed E-state index contributed by atoms with van der Waals surface area (Å²) < 4.78 is 5.33. The maximum absolute atomic E-state index is 5.33. The van der Waals surface area contributed by atoms with Gasteiger partial charge in [0.25, 0.3) is 0 Å². The zero-order chi connectivity index (χ0) is 11.7. The number of rotatable bonds is 4. The Kier molecular flexibility index (Phi) is 3.02. The lowest BCUT2D eigenvalue weighted by atomic mass is 10.1. The molecule has 1 aromatic heterocycles. The lowest BCUT2D eigenvalue weighted by molar-refractivity contribution is 0.220. The summed E-state index contributed by atoms with van der Waals surface area (Å²) in [6, 6.07) is 4.95. The van der Waals surface area contributed by atoms with Crippen LogP contribution in [-0.4, -0.2) is 29.6 Å². The normalized spacial score (nSPS) is 25.1. The molecule has 1 saturated carbocycles. The molecule has 17 heavy (non-hydrogen) atoms. The number of likely N-dealkylation sites (tertiary alicyclic amines) is 1. The minimum atomic E-state index is 0.786. The topological polar surface area (TPSA) is 25.4 Å². The fourth-order valence-corrected chi connectivity index (χ4v) is 3.01. The highest BCUT2D eigenvalue weighted by atomic mass is 16.5. The molecule has 1 saturated heterocycles. The Balaban J connectivity index is 1.72. The third-order valence-electron chi connectivity index (χ3n) is 4.00. The van der Waals surface area contributed by atoms with Gasteiger partial charge < -0.3 is 4.74 Å². The van der Waals surface area contributed by atoms with E-state index in [0.29, 0.717) is 0 Å². The van der Waals surface area contributed by atoms with Crippen LogP contribution in [0.5, 0.6) is 5.88 Å². The lowest BCUT2D eigenvalue weighted by Crippen LogP contribution is -2.30. The van der Waals surface area contributed by atoms with Gasteiger partial charge in [0.1, 0.15) is 0 Å². The van der Waals surface area contributed by atoms with Crippen LogP contribution < -0.4 is 4.74 Å². The predicted molar refractivity (Wildman–Crippen MR) is 66.9 cm³/mol. The molecule has 0 bridgehead atoms. The average Bonchev–Trinajstić information content (AvgIpc) is 3.11. The minimum Gasteiger partial charge on any atom is -0.481 e. The van der Waals surface area contributed by atoms with Gasteiger partial charge in [-0.2, -0.15) is 0 Å². The van der Waals surface area contributed by atoms with E-state index < -0.39 is 0 Å². The fraction of sp³-hybridized carbons (Fsp3) is 0.643. The van der Waals surface area contributed by atoms with Crippen molar-refractivity contribution in [1.82, 2.24) is 9.88 Å². The van der Waals surface area contributed by atoms with Crippen LogP contribution in [0.25, 0.3) is 0 Å². The van der Waals surface area contributed by atoms with Crippen LogP contribution in [0.1, 0.15) is 31.2 Å². The van der Waals surface area contributed by atoms with Gasteiger partial charge in [-0.1, -0.05) is 6.07 Å². The third-order valence-corrected chi connectivity index (χ3v) is 4.00. The van der Waals surface area contributed by atoms with Gasteiger partial charge >= 0.3 is 0 Å². The van der Waals surface area contributed by atoms with Crippen LogP contribution in [0.3, 0.4) is 0 Å². The van der Waals surface area contributed by atoms with E-state index in [0.717, 1.165) is 24.4 Å². The van der Waals surface area contributed by atoms with Crippen LogP contribution in [0.2, 0.25) is 0 Å². The second-order valence-electron chi connectivity index (χ2n) is 5.19. The van der Waals surface area contributed by atoms with Crippen molar-refractivity contribution in [1.29, 1.82) is 0 Å². The van der Waals surface area contributed by atoms with Crippen molar-refractivity contribution in [2.75, 3.05) is 13.7 Å². The van der Waals surface area contributed by atoms with Crippen molar-refractivity contribution >= 4 is 0 Å². The number of hydrogen-bond acceptors (Lipinski definition) is 3. The SMILES string of the molecule is COc1ncccc1CN1CCCC1C1CC1. The molecule has 1 aliphatic heterocycles. The van der Waals surface area contributed by atoms with Gasteiger partial charge in [0.15, 0.2) is 0 Å². The summed E-state index contributed by atoms with van der Waals surface area (Å²) in [6.07, 6.45) is 7.40. The first-order valence-corrected chi connectivity index (χ1v) is 6.60. The Morgan fingerprint density at radius 3 is 3.06 bits per heavy atom. The van der Waals surface area contributed by atoms with Crippen molar-refractivity contribution in [3.63, 3.8) is 0 Å². The summed E-state index contributed by atoms with van der Waals surface area (Å²) in [5.74, 6) is 1.76. The summed E-state index contributed by atoms with van der Waals surface area (Å²) in [5.41, 5.74) is 1.22. The quantitative estimate of drug-likeness (QED) is 0.797. The predicted octanol–water partition coefficient (Wildman–Crippen LogP) is 2.46. The Bertz CT molecular complexity index is 390. The van der Waals surface area contributed by atoms with Gasteiger partial charge in [0.05, 0.1) is 7.11 Å². The summed E-state index contributed by atoms with van der Waals surface area (Å²) in [7, 11) is 1.70. The van der Waals surface area contributed by atoms with Crippen LogP contribution in [0.4, 0.5) is 0 Å². The highest BCUT2D eigenvalue weighted by Gasteiger charge is 2.37. The first kappa shape index (κ1) is 11.0. The van der Waals surface area contributed by atoms with Crippen molar-refractivity contribution in [3.05, 3.63) is 23.9 Å². The van der Waals surface area contributed by atoms with Crippen molar-refractivity contribution in [3.8, 4) is 5.88 Å². The Morgan fingerprint density at radius 2 is 2.29 bits per heavy atom. The molecule has 0 aromatic carbocycles. The van der Waals surface area contributed by atoms with Crippen molar-refractivity contribution in [2.24, 2.45) is 5.92 Å². The van der Waals surface area contributed by atoms with Crippen LogP contribution in [0, 0.1) is 5.92 Å². The number of ether oxygens (including phenoxy) is 1. The summed E-state index contributed by atoms with van der Waals surface area (Å²) in [4.78, 5) is 6.90. The first-order chi connectivity index (χ1) is 8.38. The van der Waals surface area contributed by atoms with E-state index in [1.165, 1.54) is 37.8 Å². The zero-order valence-electron chi connectivity index (χ0n) is 10.4. The molecular weight excluding hydrogens is 212 g/mol. The first-order valence-electron chi connectivity index (χ1n) is 6.60. The number of aromatic nitrogens is 1. The standard InChI is InChI=1S/C14H20N2O/c1-17-14-12(4-2-8-15-14)10-16-9-3-5-13(16)11-6-7-11/h2,4,8,11,13H,3,5-7,9-10H2,1H3. The van der Waals surface area contributed by atoms with Crippen molar-refractivity contribution in [2.45, 2.75) is 38.3 Å². The zero-order valence-corrected chi connectivity index (χ0v) is 10.4. The molecule has 2 aliphatic rings. The molecule has 0 spiro atoms. The largest absolute Gasteiger partial charge is 0.481 e. The second kappa shape index (κ2) is 4.65. The number of methoxy groups -OCH3 is 1. The fourth-order valence-electron chi connectivity index (χ4n) is 3.01. The van der Waals surface area contributed by atoms with E-state index >= 15 is 0 Å². The molecule has 0 amide bonds. The molecule has 2 heterocycles. The average molecular weight is 232 g/mol. The van der Waals surface area contributed by atoms with E-state index in [-0.39, 0.29) is 0 Å². The molecule has 3 rings (SSSR count). The highest BCUT2D eigenvalue weighted by Crippen LogP contribution is 2.40. The molecule has 2 fully saturated rings. The molecule has 3 heteroatoms. The van der Waals surface area contributed by atoms with Crippen LogP contribution in [-0.2, 0) is 6.54 Å². The van der Waals surface area contributed by atoms with Gasteiger partial charge in [-0.3, -0.25) is 4.90 Å². The van der Waals surface area contributed by atoms with E-state index in [2.05, 4.69) is 16.0 Å². The number of pyridine rings is 1. The monoisotopic (exact) mass is 232 g/mol. The molecule has 0 radical (unpaired) electrons. The summed E-state index contributed by atoms with van der Waals surface area (Å²) in [5, 5.41) is 0. The van der Waals surface area contributed by atoms with Crippen LogP contribution in [0.15, 0.2) is 18.3 Å². The third kappa shape index (κ3) is 2.29. The van der Waals surface area contributed by atoms with Gasteiger partial charge in [0, 0.05) is 24.3 Å². The Morgan fingerprint density at radius 1 is 1.41 bits per heavy atom. The second-order valence-corrected chi connectivity index (χ2v) is 5.19. The molecule has 0 N–H and O–H groups in total. The maximum atomic E-state index is 5.33. The molecular formula is C14H20N2O. The van der Waals surface area contributed by atoms with E-state index in [4.69, 9.17) is 4.74 Å². The molecule has 1 aromatic rings. The van der Waals surface area contributed by atoms with Crippen molar-refractivity contribution < 1.29 is 4.74 Å². The smallest absolute Gasteiger partial charge is 0.217 e.